The minimum atomic E-state index is -0.963. The highest BCUT2D eigenvalue weighted by Gasteiger charge is 2.50. The van der Waals surface area contributed by atoms with Gasteiger partial charge in [0.2, 0.25) is 0 Å². The Morgan fingerprint density at radius 3 is 2.71 bits per heavy atom. The molecule has 2 heterocycles. The molecule has 2 aromatic rings. The van der Waals surface area contributed by atoms with Crippen LogP contribution in [-0.2, 0) is 11.2 Å². The van der Waals surface area contributed by atoms with E-state index < -0.39 is 18.3 Å². The maximum absolute atomic E-state index is 11.4. The van der Waals surface area contributed by atoms with E-state index in [1.54, 1.807) is 6.07 Å². The average Bonchev–Trinajstić information content (AvgIpc) is 4.00. The maximum Gasteiger partial charge on any atom is 0.189 e. The molecule has 2 aliphatic heterocycles. The number of unbranched alkanes of at least 4 members (excludes halogenated alkanes) is 3. The van der Waals surface area contributed by atoms with Gasteiger partial charge in [-0.15, -0.1) is 4.99 Å². The van der Waals surface area contributed by atoms with Crippen LogP contribution in [0, 0.1) is 35.6 Å². The number of hydrogen-bond donors (Lipinski definition) is 8. The molecular formula is C51H72N4O7. The number of aliphatic hydroxyl groups excluding tert-OH is 4. The summed E-state index contributed by atoms with van der Waals surface area (Å²) < 4.78 is 12.4. The Hall–Kier alpha value is -3.81. The summed E-state index contributed by atoms with van der Waals surface area (Å²) in [6.45, 7) is 3.02. The van der Waals surface area contributed by atoms with Crippen LogP contribution < -0.4 is 21.1 Å². The molecule has 3 aliphatic carbocycles. The van der Waals surface area contributed by atoms with Crippen molar-refractivity contribution in [3.8, 4) is 11.5 Å². The highest BCUT2D eigenvalue weighted by Crippen LogP contribution is 2.49. The fourth-order valence-electron chi connectivity index (χ4n) is 10.7. The number of hydrogen-bond acceptors (Lipinski definition) is 11. The fraction of sp³-hybridized carbons (Fsp3) is 0.588. The number of likely N-dealkylation sites (N-methyl/N-ethyl adjacent to an activating group) is 1. The monoisotopic (exact) mass is 853 g/mol. The number of aromatic hydroxyl groups is 1. The molecule has 10 atom stereocenters. The Balaban J connectivity index is 0.843. The third-order valence-electron chi connectivity index (χ3n) is 14.0. The van der Waals surface area contributed by atoms with Gasteiger partial charge < -0.3 is 51.4 Å². The van der Waals surface area contributed by atoms with Crippen LogP contribution in [-0.4, -0.2) is 95.0 Å². The maximum atomic E-state index is 11.4. The van der Waals surface area contributed by atoms with E-state index in [0.717, 1.165) is 98.4 Å². The second-order valence-corrected chi connectivity index (χ2v) is 18.6. The number of aliphatic hydroxyl groups is 4. The molecule has 7 rings (SSSR count). The van der Waals surface area contributed by atoms with Crippen molar-refractivity contribution in [2.24, 2.45) is 34.4 Å². The third kappa shape index (κ3) is 11.7. The number of phenols is 1. The molecule has 0 spiro atoms. The van der Waals surface area contributed by atoms with Crippen molar-refractivity contribution < 1.29 is 35.0 Å². The first kappa shape index (κ1) is 46.2. The van der Waals surface area contributed by atoms with E-state index in [1.807, 2.05) is 56.4 Å². The molecule has 0 amide bonds. The van der Waals surface area contributed by atoms with Gasteiger partial charge in [0.05, 0.1) is 24.2 Å². The molecule has 2 fully saturated rings. The topological polar surface area (TPSA) is 182 Å². The Kier molecular flexibility index (Phi) is 16.5. The number of nitrogens with two attached hydrogens (primary N) is 1. The van der Waals surface area contributed by atoms with Crippen molar-refractivity contribution in [3.63, 3.8) is 0 Å². The zero-order valence-electron chi connectivity index (χ0n) is 36.9. The average molecular weight is 853 g/mol. The Labute approximate surface area is 369 Å². The van der Waals surface area contributed by atoms with Crippen LogP contribution in [0.5, 0.6) is 11.5 Å². The molecule has 10 unspecified atom stereocenters. The molecule has 11 heteroatoms. The first-order chi connectivity index (χ1) is 30.1. The van der Waals surface area contributed by atoms with Crippen molar-refractivity contribution in [2.75, 3.05) is 33.4 Å². The molecule has 0 radical (unpaired) electrons. The SMILES string of the molecule is CNCC(NCC(C)O)C1C2=C[C+](C(O)COc3cc(CCC4=C[C-](CO)C(CCCCCCC(N)CC5C=Cc6ccccc6C5O)O4)ccc3O)N=C2CCC2CCCC21. The van der Waals surface area contributed by atoms with Crippen molar-refractivity contribution in [3.05, 3.63) is 101 Å². The largest absolute Gasteiger partial charge is 0.592 e. The third-order valence-corrected chi connectivity index (χ3v) is 14.0. The summed E-state index contributed by atoms with van der Waals surface area (Å²) in [4.78, 5) is 4.99. The molecular weight excluding hydrogens is 781 g/mol. The molecule has 0 saturated heterocycles. The number of rotatable bonds is 23. The van der Waals surface area contributed by atoms with Crippen LogP contribution in [0.3, 0.4) is 0 Å². The van der Waals surface area contributed by atoms with Gasteiger partial charge >= 0.3 is 0 Å². The Morgan fingerprint density at radius 2 is 1.89 bits per heavy atom. The highest BCUT2D eigenvalue weighted by molar-refractivity contribution is 6.04. The summed E-state index contributed by atoms with van der Waals surface area (Å²) in [5.74, 6) is 3.55. The van der Waals surface area contributed by atoms with Crippen LogP contribution in [0.25, 0.3) is 6.08 Å². The molecule has 338 valence electrons. The molecule has 0 aromatic heterocycles. The Bertz CT molecular complexity index is 1880. The lowest BCUT2D eigenvalue weighted by atomic mass is 9.75. The standard InChI is InChI=1S/C51H72N4O7/c1-32(57)28-54-45(29-53-2)50-40-14-9-11-34(40)20-22-43-42(50)27-44(55-43)47(59)31-61-49-24-33(17-23-46(49)58)16-21-39-26-37(30-56)48(62-39)15-6-4-3-5-12-38(52)25-36-19-18-35-10-7-8-13-41(35)51(36)60/h7-8,10,13,17-19,23-24,26-27,32,34,36,38,40,45,47-48,50-51,53-54,56-60H,3-6,9,11-12,14-16,20-22,25,28-31,52H2,1-2H3. The smallest absolute Gasteiger partial charge is 0.189 e. The van der Waals surface area contributed by atoms with Crippen LogP contribution in [0.1, 0.15) is 113 Å². The van der Waals surface area contributed by atoms with Crippen molar-refractivity contribution in [1.29, 1.82) is 0 Å². The number of allylic oxidation sites excluding steroid dienone is 1. The number of aliphatic imine (C=N–C) groups is 1. The summed E-state index contributed by atoms with van der Waals surface area (Å²) in [6, 6.07) is 14.1. The molecule has 62 heavy (non-hydrogen) atoms. The first-order valence-electron chi connectivity index (χ1n) is 23.5. The molecule has 9 N–H and O–H groups in total. The second kappa shape index (κ2) is 22.2. The summed E-state index contributed by atoms with van der Waals surface area (Å²) in [5.41, 5.74) is 11.8. The fourth-order valence-corrected chi connectivity index (χ4v) is 10.7. The van der Waals surface area contributed by atoms with Crippen LogP contribution >= 0.6 is 0 Å². The van der Waals surface area contributed by atoms with Gasteiger partial charge in [-0.25, -0.2) is 0 Å². The van der Waals surface area contributed by atoms with Gasteiger partial charge in [0.25, 0.3) is 0 Å². The van der Waals surface area contributed by atoms with E-state index in [-0.39, 0.29) is 49.0 Å². The minimum Gasteiger partial charge on any atom is -0.592 e. The van der Waals surface area contributed by atoms with Crippen LogP contribution in [0.2, 0.25) is 0 Å². The van der Waals surface area contributed by atoms with Gasteiger partial charge in [0.1, 0.15) is 12.2 Å². The lowest BCUT2D eigenvalue weighted by molar-refractivity contribution is 0.120. The molecule has 5 aliphatic rings. The number of nitrogens with zero attached hydrogens (tertiary/aromatic N) is 1. The number of nitrogens with one attached hydrogen (secondary N) is 2. The zero-order chi connectivity index (χ0) is 43.6. The van der Waals surface area contributed by atoms with E-state index in [1.165, 1.54) is 24.8 Å². The van der Waals surface area contributed by atoms with E-state index in [9.17, 15) is 25.5 Å². The minimum absolute atomic E-state index is 0.0132. The van der Waals surface area contributed by atoms with E-state index in [0.29, 0.717) is 43.0 Å². The molecule has 2 aromatic carbocycles. The normalized spacial score (nSPS) is 26.1. The number of ether oxygens (including phenoxy) is 2. The van der Waals surface area contributed by atoms with Crippen molar-refractivity contribution >= 4 is 11.8 Å². The van der Waals surface area contributed by atoms with Gasteiger partial charge in [-0.05, 0) is 93.2 Å². The summed E-state index contributed by atoms with van der Waals surface area (Å²) >= 11 is 0. The number of phenolic OH excluding ortho intramolecular Hbond substituents is 1. The van der Waals surface area contributed by atoms with E-state index >= 15 is 0 Å². The Morgan fingerprint density at radius 1 is 1.05 bits per heavy atom. The lowest BCUT2D eigenvalue weighted by Crippen LogP contribution is -2.49. The highest BCUT2D eigenvalue weighted by atomic mass is 16.5. The molecule has 0 bridgehead atoms. The second-order valence-electron chi connectivity index (χ2n) is 18.6. The van der Waals surface area contributed by atoms with Gasteiger partial charge in [-0.1, -0.05) is 93.2 Å². The van der Waals surface area contributed by atoms with Gasteiger partial charge in [-0.2, -0.15) is 12.0 Å². The zero-order valence-corrected chi connectivity index (χ0v) is 36.9. The van der Waals surface area contributed by atoms with Crippen LogP contribution in [0.15, 0.2) is 77.0 Å². The lowest BCUT2D eigenvalue weighted by Gasteiger charge is -2.32. The van der Waals surface area contributed by atoms with E-state index in [2.05, 4.69) is 28.9 Å². The van der Waals surface area contributed by atoms with Gasteiger partial charge in [-0.3, -0.25) is 0 Å². The molecule has 11 nitrogen and oxygen atoms in total. The predicted molar refractivity (Wildman–Crippen MR) is 245 cm³/mol. The van der Waals surface area contributed by atoms with Crippen molar-refractivity contribution in [1.82, 2.24) is 10.6 Å². The summed E-state index contributed by atoms with van der Waals surface area (Å²) in [5, 5.41) is 60.2. The van der Waals surface area contributed by atoms with E-state index in [4.69, 9.17) is 20.2 Å². The number of aryl methyl sites for hydroxylation is 1. The number of fused-ring (bicyclic) bond motifs is 3. The van der Waals surface area contributed by atoms with Gasteiger partial charge in [0, 0.05) is 50.2 Å². The summed E-state index contributed by atoms with van der Waals surface area (Å²) in [7, 11) is 1.97. The predicted octanol–water partition coefficient (Wildman–Crippen LogP) is 6.65. The van der Waals surface area contributed by atoms with Crippen LogP contribution in [0.4, 0.5) is 0 Å². The quantitative estimate of drug-likeness (QED) is 0.0446. The van der Waals surface area contributed by atoms with Crippen molar-refractivity contribution in [2.45, 2.75) is 133 Å². The van der Waals surface area contributed by atoms with Gasteiger partial charge in [0.15, 0.2) is 29.4 Å². The summed E-state index contributed by atoms with van der Waals surface area (Å²) in [6.07, 6.45) is 19.9. The first-order valence-corrected chi connectivity index (χ1v) is 23.5. The number of benzene rings is 2. The molecule has 2 saturated carbocycles.